The van der Waals surface area contributed by atoms with Crippen molar-refractivity contribution in [2.45, 2.75) is 12.8 Å². The Kier molecular flexibility index (Phi) is 6.09. The van der Waals surface area contributed by atoms with Crippen LogP contribution in [0.25, 0.3) is 0 Å². The Hall–Kier alpha value is -1.68. The van der Waals surface area contributed by atoms with E-state index in [1.807, 2.05) is 0 Å². The van der Waals surface area contributed by atoms with E-state index in [-0.39, 0.29) is 34.4 Å². The summed E-state index contributed by atoms with van der Waals surface area (Å²) in [7, 11) is -2.43. The Labute approximate surface area is 129 Å². The number of nitrogens with zero attached hydrogens (tertiary/aromatic N) is 1. The molecule has 0 aliphatic rings. The zero-order valence-electron chi connectivity index (χ0n) is 11.0. The molecule has 0 spiro atoms. The van der Waals surface area contributed by atoms with Crippen molar-refractivity contribution in [2.24, 2.45) is 0 Å². The molecule has 0 saturated heterocycles. The van der Waals surface area contributed by atoms with E-state index >= 15 is 0 Å². The van der Waals surface area contributed by atoms with Gasteiger partial charge in [-0.25, -0.2) is 8.42 Å². The first-order valence-corrected chi connectivity index (χ1v) is 8.21. The molecule has 1 rings (SSSR count). The third-order valence-corrected chi connectivity index (χ3v) is 4.46. The smallest absolute Gasteiger partial charge is 0.305 e. The molecule has 0 aliphatic carbocycles. The van der Waals surface area contributed by atoms with E-state index in [9.17, 15) is 23.3 Å². The largest absolute Gasteiger partial charge is 0.469 e. The summed E-state index contributed by atoms with van der Waals surface area (Å²) in [6.45, 7) is 0. The monoisotopic (exact) mass is 380 g/mol. The fraction of sp³-hybridized carbons (Fsp3) is 0.364. The minimum absolute atomic E-state index is 0.00115. The predicted octanol–water partition coefficient (Wildman–Crippen LogP) is 2.05. The Morgan fingerprint density at radius 3 is 2.67 bits per heavy atom. The number of non-ortho nitro benzene ring substituents is 1. The molecular formula is C11H13BrN2O6S. The summed E-state index contributed by atoms with van der Waals surface area (Å²) in [6.07, 6.45) is 0.117. The minimum Gasteiger partial charge on any atom is -0.469 e. The van der Waals surface area contributed by atoms with Crippen molar-refractivity contribution in [1.29, 1.82) is 0 Å². The van der Waals surface area contributed by atoms with Crippen LogP contribution in [0, 0.1) is 10.1 Å². The van der Waals surface area contributed by atoms with Crippen LogP contribution in [0.3, 0.4) is 0 Å². The zero-order valence-corrected chi connectivity index (χ0v) is 13.4. The van der Waals surface area contributed by atoms with Gasteiger partial charge in [0.05, 0.1) is 23.5 Å². The van der Waals surface area contributed by atoms with Crippen LogP contribution >= 0.6 is 15.9 Å². The van der Waals surface area contributed by atoms with Crippen LogP contribution in [-0.4, -0.2) is 32.2 Å². The van der Waals surface area contributed by atoms with Crippen molar-refractivity contribution in [3.63, 3.8) is 0 Å². The van der Waals surface area contributed by atoms with Gasteiger partial charge in [-0.1, -0.05) is 0 Å². The first-order valence-electron chi connectivity index (χ1n) is 5.76. The van der Waals surface area contributed by atoms with Gasteiger partial charge >= 0.3 is 5.97 Å². The van der Waals surface area contributed by atoms with Crippen molar-refractivity contribution in [1.82, 2.24) is 0 Å². The van der Waals surface area contributed by atoms with Crippen molar-refractivity contribution < 1.29 is 22.9 Å². The SMILES string of the molecule is COC(=O)CCCS(=O)(=O)Nc1ccc([N+](=O)[O-])cc1Br. The number of ether oxygens (including phenoxy) is 1. The highest BCUT2D eigenvalue weighted by Crippen LogP contribution is 2.27. The Morgan fingerprint density at radius 1 is 1.48 bits per heavy atom. The molecule has 0 bridgehead atoms. The highest BCUT2D eigenvalue weighted by Gasteiger charge is 2.15. The van der Waals surface area contributed by atoms with Gasteiger partial charge in [0.1, 0.15) is 0 Å². The number of hydrogen-bond donors (Lipinski definition) is 1. The molecule has 0 unspecified atom stereocenters. The van der Waals surface area contributed by atoms with Crippen LogP contribution in [-0.2, 0) is 19.6 Å². The number of benzene rings is 1. The van der Waals surface area contributed by atoms with Crippen LogP contribution in [0.5, 0.6) is 0 Å². The molecule has 0 aromatic heterocycles. The molecule has 1 N–H and O–H groups in total. The molecular weight excluding hydrogens is 368 g/mol. The number of sulfonamides is 1. The molecule has 8 nitrogen and oxygen atoms in total. The predicted molar refractivity (Wildman–Crippen MR) is 79.5 cm³/mol. The minimum atomic E-state index is -3.65. The lowest BCUT2D eigenvalue weighted by molar-refractivity contribution is -0.384. The summed E-state index contributed by atoms with van der Waals surface area (Å²) in [5, 5.41) is 10.6. The van der Waals surface area contributed by atoms with E-state index in [1.54, 1.807) is 0 Å². The molecule has 0 aliphatic heterocycles. The van der Waals surface area contributed by atoms with E-state index in [1.165, 1.54) is 25.3 Å². The second kappa shape index (κ2) is 7.36. The van der Waals surface area contributed by atoms with Crippen LogP contribution < -0.4 is 4.72 Å². The highest BCUT2D eigenvalue weighted by molar-refractivity contribution is 9.10. The average molecular weight is 381 g/mol. The number of hydrogen-bond acceptors (Lipinski definition) is 6. The van der Waals surface area contributed by atoms with Gasteiger partial charge in [0.15, 0.2) is 0 Å². The summed E-state index contributed by atoms with van der Waals surface area (Å²) < 4.78 is 30.6. The molecule has 116 valence electrons. The Morgan fingerprint density at radius 2 is 2.14 bits per heavy atom. The van der Waals surface area contributed by atoms with Crippen LogP contribution in [0.15, 0.2) is 22.7 Å². The third-order valence-electron chi connectivity index (χ3n) is 2.45. The number of carbonyl (C=O) groups excluding carboxylic acids is 1. The maximum absolute atomic E-state index is 11.8. The second-order valence-electron chi connectivity index (χ2n) is 4.02. The van der Waals surface area contributed by atoms with E-state index in [0.717, 1.165) is 0 Å². The average Bonchev–Trinajstić information content (AvgIpc) is 2.40. The normalized spacial score (nSPS) is 11.0. The summed E-state index contributed by atoms with van der Waals surface area (Å²) in [5.41, 5.74) is 0.0363. The summed E-state index contributed by atoms with van der Waals surface area (Å²) in [4.78, 5) is 20.9. The second-order valence-corrected chi connectivity index (χ2v) is 6.72. The van der Waals surface area contributed by atoms with E-state index in [2.05, 4.69) is 25.4 Å². The van der Waals surface area contributed by atoms with Gasteiger partial charge in [-0.3, -0.25) is 19.6 Å². The number of nitrogens with one attached hydrogen (secondary N) is 1. The first-order chi connectivity index (χ1) is 9.75. The van der Waals surface area contributed by atoms with Crippen LogP contribution in [0.1, 0.15) is 12.8 Å². The van der Waals surface area contributed by atoms with Crippen molar-refractivity contribution in [3.8, 4) is 0 Å². The first kappa shape index (κ1) is 17.4. The quantitative estimate of drug-likeness (QED) is 0.439. The number of esters is 1. The number of carbonyl (C=O) groups is 1. The van der Waals surface area contributed by atoms with Gasteiger partial charge in [0.25, 0.3) is 5.69 Å². The van der Waals surface area contributed by atoms with Gasteiger partial charge in [0, 0.05) is 23.0 Å². The Bertz CT molecular complexity index is 646. The topological polar surface area (TPSA) is 116 Å². The molecule has 10 heteroatoms. The number of rotatable bonds is 7. The molecule has 0 radical (unpaired) electrons. The van der Waals surface area contributed by atoms with Gasteiger partial charge in [-0.15, -0.1) is 0 Å². The van der Waals surface area contributed by atoms with Crippen molar-refractivity contribution in [2.75, 3.05) is 17.6 Å². The lowest BCUT2D eigenvalue weighted by Gasteiger charge is -2.09. The highest BCUT2D eigenvalue weighted by atomic mass is 79.9. The van der Waals surface area contributed by atoms with E-state index in [4.69, 9.17) is 0 Å². The molecule has 1 aromatic rings. The molecule has 1 aromatic carbocycles. The number of halogens is 1. The fourth-order valence-electron chi connectivity index (χ4n) is 1.43. The lowest BCUT2D eigenvalue weighted by atomic mass is 10.3. The van der Waals surface area contributed by atoms with E-state index in [0.29, 0.717) is 0 Å². The molecule has 0 amide bonds. The zero-order chi connectivity index (χ0) is 16.0. The molecule has 0 heterocycles. The standard InChI is InChI=1S/C11H13BrN2O6S/c1-20-11(15)3-2-6-21(18,19)13-10-5-4-8(14(16)17)7-9(10)12/h4-5,7,13H,2-3,6H2,1H3. The van der Waals surface area contributed by atoms with Crippen LogP contribution in [0.4, 0.5) is 11.4 Å². The maximum Gasteiger partial charge on any atom is 0.305 e. The van der Waals surface area contributed by atoms with Crippen molar-refractivity contribution >= 4 is 43.3 Å². The molecule has 0 saturated carbocycles. The number of anilines is 1. The third kappa shape index (κ3) is 5.68. The number of nitro groups is 1. The number of nitro benzene ring substituents is 1. The van der Waals surface area contributed by atoms with Gasteiger partial charge in [0.2, 0.25) is 10.0 Å². The van der Waals surface area contributed by atoms with Gasteiger partial charge < -0.3 is 4.74 Å². The van der Waals surface area contributed by atoms with E-state index < -0.39 is 20.9 Å². The Balaban J connectivity index is 2.71. The summed E-state index contributed by atoms with van der Waals surface area (Å²) >= 11 is 3.07. The molecule has 0 fully saturated rings. The van der Waals surface area contributed by atoms with Crippen molar-refractivity contribution in [3.05, 3.63) is 32.8 Å². The summed E-state index contributed by atoms with van der Waals surface area (Å²) in [6, 6.07) is 3.68. The number of methoxy groups -OCH3 is 1. The van der Waals surface area contributed by atoms with Gasteiger partial charge in [-0.2, -0.15) is 0 Å². The fourth-order valence-corrected chi connectivity index (χ4v) is 3.16. The molecule has 0 atom stereocenters. The summed E-state index contributed by atoms with van der Waals surface area (Å²) in [5.74, 6) is -0.743. The van der Waals surface area contributed by atoms with Crippen LogP contribution in [0.2, 0.25) is 0 Å². The lowest BCUT2D eigenvalue weighted by Crippen LogP contribution is -2.18. The van der Waals surface area contributed by atoms with Gasteiger partial charge in [-0.05, 0) is 28.4 Å². The maximum atomic E-state index is 11.8. The molecule has 21 heavy (non-hydrogen) atoms.